The van der Waals surface area contributed by atoms with Gasteiger partial charge in [-0.05, 0) is 50.3 Å². The van der Waals surface area contributed by atoms with Crippen LogP contribution in [-0.2, 0) is 9.47 Å². The minimum atomic E-state index is -0.114. The van der Waals surface area contributed by atoms with Crippen LogP contribution in [0.15, 0.2) is 28.7 Å². The van der Waals surface area contributed by atoms with Crippen molar-refractivity contribution in [3.63, 3.8) is 0 Å². The lowest BCUT2D eigenvalue weighted by Gasteiger charge is -2.37. The highest BCUT2D eigenvalue weighted by atomic mass is 79.9. The van der Waals surface area contributed by atoms with E-state index < -0.39 is 0 Å². The maximum atomic E-state index is 5.54. The van der Waals surface area contributed by atoms with Gasteiger partial charge >= 0.3 is 0 Å². The molecule has 0 aliphatic heterocycles. The molecule has 2 rings (SSSR count). The van der Waals surface area contributed by atoms with Gasteiger partial charge in [0.05, 0.1) is 0 Å². The predicted octanol–water partition coefficient (Wildman–Crippen LogP) is 3.68. The minimum absolute atomic E-state index is 0.114. The van der Waals surface area contributed by atoms with E-state index in [2.05, 4.69) is 45.5 Å². The highest BCUT2D eigenvalue weighted by Crippen LogP contribution is 2.37. The van der Waals surface area contributed by atoms with Crippen molar-refractivity contribution in [2.45, 2.75) is 44.9 Å². The van der Waals surface area contributed by atoms with Crippen LogP contribution in [0.1, 0.15) is 38.2 Å². The molecule has 1 aliphatic rings. The second kappa shape index (κ2) is 8.13. The van der Waals surface area contributed by atoms with E-state index in [1.54, 1.807) is 0 Å². The molecule has 1 saturated carbocycles. The molecule has 0 saturated heterocycles. The van der Waals surface area contributed by atoms with Gasteiger partial charge in [0.2, 0.25) is 0 Å². The molecule has 3 nitrogen and oxygen atoms in total. The molecule has 1 aromatic carbocycles. The Morgan fingerprint density at radius 3 is 2.30 bits per heavy atom. The Hall–Kier alpha value is -0.420. The van der Waals surface area contributed by atoms with Gasteiger partial charge in [-0.25, -0.2) is 0 Å². The number of rotatable bonds is 8. The van der Waals surface area contributed by atoms with Gasteiger partial charge in [0.25, 0.3) is 0 Å². The van der Waals surface area contributed by atoms with Crippen molar-refractivity contribution in [2.24, 2.45) is 0 Å². The topological polar surface area (TPSA) is 30.5 Å². The van der Waals surface area contributed by atoms with E-state index in [1.807, 2.05) is 13.8 Å². The normalized spacial score (nSPS) is 22.0. The van der Waals surface area contributed by atoms with Crippen molar-refractivity contribution >= 4 is 15.9 Å². The Kier molecular flexibility index (Phi) is 6.49. The first-order chi connectivity index (χ1) is 9.72. The maximum absolute atomic E-state index is 5.54. The summed E-state index contributed by atoms with van der Waals surface area (Å²) in [4.78, 5) is 0. The maximum Gasteiger partial charge on any atom is 0.169 e. The third kappa shape index (κ3) is 4.55. The van der Waals surface area contributed by atoms with Crippen molar-refractivity contribution in [2.75, 3.05) is 19.8 Å². The second-order valence-corrected chi connectivity index (χ2v) is 6.08. The third-order valence-electron chi connectivity index (χ3n) is 3.76. The molecule has 20 heavy (non-hydrogen) atoms. The predicted molar refractivity (Wildman–Crippen MR) is 84.9 cm³/mol. The smallest absolute Gasteiger partial charge is 0.169 e. The SMILES string of the molecule is CCOC(CNC1CC(c2ccc(Br)cc2)C1)OCC. The fourth-order valence-corrected chi connectivity index (χ4v) is 2.86. The number of benzene rings is 1. The van der Waals surface area contributed by atoms with Gasteiger partial charge in [0, 0.05) is 30.3 Å². The molecule has 1 fully saturated rings. The van der Waals surface area contributed by atoms with Crippen LogP contribution in [-0.4, -0.2) is 32.1 Å². The van der Waals surface area contributed by atoms with Crippen LogP contribution < -0.4 is 5.32 Å². The fraction of sp³-hybridized carbons (Fsp3) is 0.625. The molecule has 112 valence electrons. The molecule has 1 N–H and O–H groups in total. The highest BCUT2D eigenvalue weighted by molar-refractivity contribution is 9.10. The summed E-state index contributed by atoms with van der Waals surface area (Å²) in [5, 5.41) is 3.54. The van der Waals surface area contributed by atoms with E-state index in [9.17, 15) is 0 Å². The molecule has 0 amide bonds. The van der Waals surface area contributed by atoms with Gasteiger partial charge in [-0.15, -0.1) is 0 Å². The largest absolute Gasteiger partial charge is 0.352 e. The molecule has 4 heteroatoms. The molecule has 0 aromatic heterocycles. The minimum Gasteiger partial charge on any atom is -0.352 e. The molecule has 1 aliphatic carbocycles. The molecule has 0 radical (unpaired) electrons. The van der Waals surface area contributed by atoms with Crippen molar-refractivity contribution in [3.8, 4) is 0 Å². The number of nitrogens with one attached hydrogen (secondary N) is 1. The Morgan fingerprint density at radius 1 is 1.15 bits per heavy atom. The van der Waals surface area contributed by atoms with Crippen LogP contribution in [0.3, 0.4) is 0 Å². The van der Waals surface area contributed by atoms with E-state index >= 15 is 0 Å². The van der Waals surface area contributed by atoms with Gasteiger partial charge in [0.1, 0.15) is 0 Å². The van der Waals surface area contributed by atoms with Crippen LogP contribution in [0.25, 0.3) is 0 Å². The molecule has 0 spiro atoms. The summed E-state index contributed by atoms with van der Waals surface area (Å²) >= 11 is 3.48. The zero-order valence-electron chi connectivity index (χ0n) is 12.3. The van der Waals surface area contributed by atoms with Gasteiger partial charge in [-0.3, -0.25) is 0 Å². The summed E-state index contributed by atoms with van der Waals surface area (Å²) in [6, 6.07) is 9.27. The van der Waals surface area contributed by atoms with Crippen LogP contribution in [0.4, 0.5) is 0 Å². The molecule has 0 heterocycles. The van der Waals surface area contributed by atoms with Crippen LogP contribution in [0, 0.1) is 0 Å². The number of hydrogen-bond acceptors (Lipinski definition) is 3. The third-order valence-corrected chi connectivity index (χ3v) is 4.29. The average molecular weight is 342 g/mol. The molecule has 0 atom stereocenters. The van der Waals surface area contributed by atoms with Crippen molar-refractivity contribution in [1.29, 1.82) is 0 Å². The zero-order chi connectivity index (χ0) is 14.4. The van der Waals surface area contributed by atoms with E-state index in [-0.39, 0.29) is 6.29 Å². The van der Waals surface area contributed by atoms with E-state index in [4.69, 9.17) is 9.47 Å². The average Bonchev–Trinajstić information content (AvgIpc) is 2.39. The summed E-state index contributed by atoms with van der Waals surface area (Å²) in [7, 11) is 0. The van der Waals surface area contributed by atoms with Gasteiger partial charge < -0.3 is 14.8 Å². The Bertz CT molecular complexity index is 384. The molecule has 0 bridgehead atoms. The number of hydrogen-bond donors (Lipinski definition) is 1. The quantitative estimate of drug-likeness (QED) is 0.731. The Morgan fingerprint density at radius 2 is 1.75 bits per heavy atom. The zero-order valence-corrected chi connectivity index (χ0v) is 13.9. The summed E-state index contributed by atoms with van der Waals surface area (Å²) < 4.78 is 12.2. The summed E-state index contributed by atoms with van der Waals surface area (Å²) in [5.41, 5.74) is 1.44. The van der Waals surface area contributed by atoms with Crippen molar-refractivity contribution < 1.29 is 9.47 Å². The first kappa shape index (κ1) is 16.0. The molecule has 1 aromatic rings. The van der Waals surface area contributed by atoms with Crippen LogP contribution in [0.5, 0.6) is 0 Å². The molecular formula is C16H24BrNO2. The van der Waals surface area contributed by atoms with Gasteiger partial charge in [0.15, 0.2) is 6.29 Å². The first-order valence-electron chi connectivity index (χ1n) is 7.45. The number of ether oxygens (including phenoxy) is 2. The van der Waals surface area contributed by atoms with E-state index in [1.165, 1.54) is 18.4 Å². The lowest BCUT2D eigenvalue weighted by molar-refractivity contribution is -0.134. The van der Waals surface area contributed by atoms with Gasteiger partial charge in [-0.1, -0.05) is 28.1 Å². The highest BCUT2D eigenvalue weighted by Gasteiger charge is 2.30. The van der Waals surface area contributed by atoms with Crippen LogP contribution >= 0.6 is 15.9 Å². The second-order valence-electron chi connectivity index (χ2n) is 5.17. The van der Waals surface area contributed by atoms with Crippen molar-refractivity contribution in [3.05, 3.63) is 34.3 Å². The number of halogens is 1. The monoisotopic (exact) mass is 341 g/mol. The molecular weight excluding hydrogens is 318 g/mol. The lowest BCUT2D eigenvalue weighted by atomic mass is 9.76. The summed E-state index contributed by atoms with van der Waals surface area (Å²) in [6.45, 7) is 6.16. The first-order valence-corrected chi connectivity index (χ1v) is 8.24. The summed E-state index contributed by atoms with van der Waals surface area (Å²) in [6.07, 6.45) is 2.29. The lowest BCUT2D eigenvalue weighted by Crippen LogP contribution is -2.44. The standard InChI is InChI=1S/C16H24BrNO2/c1-3-19-16(20-4-2)11-18-15-9-13(10-15)12-5-7-14(17)8-6-12/h5-8,13,15-16,18H,3-4,9-11H2,1-2H3. The Balaban J connectivity index is 1.69. The summed E-state index contributed by atoms with van der Waals surface area (Å²) in [5.74, 6) is 0.693. The van der Waals surface area contributed by atoms with E-state index in [0.29, 0.717) is 25.2 Å². The Labute approximate surface area is 130 Å². The van der Waals surface area contributed by atoms with Crippen LogP contribution in [0.2, 0.25) is 0 Å². The van der Waals surface area contributed by atoms with Crippen molar-refractivity contribution in [1.82, 2.24) is 5.32 Å². The fourth-order valence-electron chi connectivity index (χ4n) is 2.59. The molecule has 0 unspecified atom stereocenters. The van der Waals surface area contributed by atoms with Gasteiger partial charge in [-0.2, -0.15) is 0 Å². The van der Waals surface area contributed by atoms with E-state index in [0.717, 1.165) is 11.0 Å².